The predicted octanol–water partition coefficient (Wildman–Crippen LogP) is 4.76. The summed E-state index contributed by atoms with van der Waals surface area (Å²) >= 11 is 5.82. The van der Waals surface area contributed by atoms with Crippen LogP contribution in [0.25, 0.3) is 0 Å². The molecule has 0 bridgehead atoms. The van der Waals surface area contributed by atoms with Crippen molar-refractivity contribution < 1.29 is 14.3 Å². The van der Waals surface area contributed by atoms with Crippen molar-refractivity contribution in [2.24, 2.45) is 5.73 Å². The number of rotatable bonds is 11. The number of alkyl halides is 1. The summed E-state index contributed by atoms with van der Waals surface area (Å²) in [6.45, 7) is 1.74. The van der Waals surface area contributed by atoms with Gasteiger partial charge in [0.05, 0.1) is 13.2 Å². The lowest BCUT2D eigenvalue weighted by molar-refractivity contribution is -0.116. The molecule has 1 amide bonds. The highest BCUT2D eigenvalue weighted by Crippen LogP contribution is 2.27. The fourth-order valence-electron chi connectivity index (χ4n) is 2.94. The maximum atomic E-state index is 12.4. The fourth-order valence-corrected chi connectivity index (χ4v) is 3.08. The maximum Gasteiger partial charge on any atom is 0.242 e. The molecule has 2 N–H and O–H groups in total. The number of hydrogen-bond donors (Lipinski definition) is 1. The average Bonchev–Trinajstić information content (AvgIpc) is 2.82. The van der Waals surface area contributed by atoms with Crippen molar-refractivity contribution in [1.29, 1.82) is 0 Å². The molecule has 3 rings (SSSR count). The van der Waals surface area contributed by atoms with Crippen molar-refractivity contribution in [3.8, 4) is 17.2 Å². The van der Waals surface area contributed by atoms with Gasteiger partial charge in [0.15, 0.2) is 0 Å². The first-order valence-electron chi connectivity index (χ1n) is 10.2. The first kappa shape index (κ1) is 22.6. The van der Waals surface area contributed by atoms with Gasteiger partial charge in [0.25, 0.3) is 0 Å². The van der Waals surface area contributed by atoms with Gasteiger partial charge in [-0.3, -0.25) is 9.78 Å². The SMILES string of the molecule is NCCCCOc1ccc(Oc2ccc(N(Cc3ccncc3)C(=O)CCl)cc2)cc1. The van der Waals surface area contributed by atoms with Crippen LogP contribution in [0.1, 0.15) is 18.4 Å². The predicted molar refractivity (Wildman–Crippen MR) is 123 cm³/mol. The standard InChI is InChI=1S/C24H26ClN3O3/c25-17-24(29)28(18-19-11-14-27-15-12-19)20-3-5-22(6-4-20)31-23-9-7-21(8-10-23)30-16-2-1-13-26/h3-12,14-15H,1-2,13,16-18,26H2. The number of carbonyl (C=O) groups excluding carboxylic acids is 1. The van der Waals surface area contributed by atoms with Crippen molar-refractivity contribution in [2.45, 2.75) is 19.4 Å². The number of carbonyl (C=O) groups is 1. The third-order valence-electron chi connectivity index (χ3n) is 4.58. The molecule has 6 nitrogen and oxygen atoms in total. The Morgan fingerprint density at radius 2 is 1.52 bits per heavy atom. The Kier molecular flexibility index (Phi) is 8.70. The van der Waals surface area contributed by atoms with Crippen molar-refractivity contribution in [2.75, 3.05) is 23.9 Å². The molecule has 31 heavy (non-hydrogen) atoms. The smallest absolute Gasteiger partial charge is 0.242 e. The van der Waals surface area contributed by atoms with Gasteiger partial charge < -0.3 is 20.1 Å². The third kappa shape index (κ3) is 6.98. The molecule has 0 saturated heterocycles. The maximum absolute atomic E-state index is 12.4. The summed E-state index contributed by atoms with van der Waals surface area (Å²) in [5.74, 6) is 1.90. The highest BCUT2D eigenvalue weighted by Gasteiger charge is 2.15. The summed E-state index contributed by atoms with van der Waals surface area (Å²) in [4.78, 5) is 18.0. The van der Waals surface area contributed by atoms with Crippen molar-refractivity contribution in [3.63, 3.8) is 0 Å². The second kappa shape index (κ2) is 11.9. The van der Waals surface area contributed by atoms with E-state index in [2.05, 4.69) is 4.98 Å². The van der Waals surface area contributed by atoms with Gasteiger partial charge >= 0.3 is 0 Å². The number of amides is 1. The van der Waals surface area contributed by atoms with Gasteiger partial charge in [-0.05, 0) is 85.6 Å². The highest BCUT2D eigenvalue weighted by molar-refractivity contribution is 6.29. The Balaban J connectivity index is 1.62. The summed E-state index contributed by atoms with van der Waals surface area (Å²) in [7, 11) is 0. The molecule has 0 aliphatic heterocycles. The zero-order chi connectivity index (χ0) is 21.9. The van der Waals surface area contributed by atoms with Gasteiger partial charge in [-0.15, -0.1) is 11.6 Å². The number of pyridine rings is 1. The van der Waals surface area contributed by atoms with Gasteiger partial charge in [0.2, 0.25) is 5.91 Å². The van der Waals surface area contributed by atoms with Crippen LogP contribution in [0.4, 0.5) is 5.69 Å². The Bertz CT molecular complexity index is 935. The van der Waals surface area contributed by atoms with Crippen molar-refractivity contribution >= 4 is 23.2 Å². The molecule has 162 valence electrons. The quantitative estimate of drug-likeness (QED) is 0.344. The highest BCUT2D eigenvalue weighted by atomic mass is 35.5. The minimum absolute atomic E-state index is 0.0933. The minimum Gasteiger partial charge on any atom is -0.494 e. The summed E-state index contributed by atoms with van der Waals surface area (Å²) in [5.41, 5.74) is 7.20. The summed E-state index contributed by atoms with van der Waals surface area (Å²) < 4.78 is 11.6. The molecule has 1 aromatic heterocycles. The number of aromatic nitrogens is 1. The van der Waals surface area contributed by atoms with E-state index in [9.17, 15) is 4.79 Å². The van der Waals surface area contributed by atoms with Crippen LogP contribution in [-0.2, 0) is 11.3 Å². The molecule has 3 aromatic rings. The number of nitrogens with zero attached hydrogens (tertiary/aromatic N) is 2. The number of benzene rings is 2. The van der Waals surface area contributed by atoms with Gasteiger partial charge in [-0.25, -0.2) is 0 Å². The van der Waals surface area contributed by atoms with E-state index in [1.165, 1.54) is 0 Å². The zero-order valence-electron chi connectivity index (χ0n) is 17.2. The fraction of sp³-hybridized carbons (Fsp3) is 0.250. The second-order valence-corrected chi connectivity index (χ2v) is 7.15. The van der Waals surface area contributed by atoms with Gasteiger partial charge in [0.1, 0.15) is 23.1 Å². The van der Waals surface area contributed by atoms with E-state index < -0.39 is 0 Å². The Morgan fingerprint density at radius 1 is 0.903 bits per heavy atom. The van der Waals surface area contributed by atoms with E-state index in [4.69, 9.17) is 26.8 Å². The van der Waals surface area contributed by atoms with Gasteiger partial charge in [0, 0.05) is 18.1 Å². The lowest BCUT2D eigenvalue weighted by atomic mass is 10.2. The van der Waals surface area contributed by atoms with Crippen LogP contribution in [-0.4, -0.2) is 29.9 Å². The van der Waals surface area contributed by atoms with E-state index in [-0.39, 0.29) is 11.8 Å². The second-order valence-electron chi connectivity index (χ2n) is 6.88. The molecule has 0 spiro atoms. The molecule has 0 saturated carbocycles. The third-order valence-corrected chi connectivity index (χ3v) is 4.81. The Labute approximate surface area is 187 Å². The molecule has 2 aromatic carbocycles. The van der Waals surface area contributed by atoms with Crippen LogP contribution < -0.4 is 20.1 Å². The lowest BCUT2D eigenvalue weighted by Gasteiger charge is -2.22. The first-order valence-corrected chi connectivity index (χ1v) is 10.7. The zero-order valence-corrected chi connectivity index (χ0v) is 18.0. The molecule has 0 aliphatic carbocycles. The molecule has 0 fully saturated rings. The van der Waals surface area contributed by atoms with E-state index in [1.807, 2.05) is 60.7 Å². The molecular formula is C24H26ClN3O3. The number of nitrogens with two attached hydrogens (primary N) is 1. The first-order chi connectivity index (χ1) is 15.2. The molecule has 7 heteroatoms. The summed E-state index contributed by atoms with van der Waals surface area (Å²) in [6.07, 6.45) is 5.29. The topological polar surface area (TPSA) is 77.7 Å². The van der Waals surface area contributed by atoms with Crippen LogP contribution in [0, 0.1) is 0 Å². The molecule has 0 unspecified atom stereocenters. The van der Waals surface area contributed by atoms with Crippen LogP contribution in [0.5, 0.6) is 17.2 Å². The number of unbranched alkanes of at least 4 members (excludes halogenated alkanes) is 1. The molecule has 0 aliphatic rings. The summed E-state index contributed by atoms with van der Waals surface area (Å²) in [6, 6.07) is 18.6. The number of halogens is 1. The number of anilines is 1. The van der Waals surface area contributed by atoms with E-state index in [1.54, 1.807) is 17.3 Å². The normalized spacial score (nSPS) is 10.5. The van der Waals surface area contributed by atoms with E-state index in [0.717, 1.165) is 29.8 Å². The number of hydrogen-bond acceptors (Lipinski definition) is 5. The molecular weight excluding hydrogens is 414 g/mol. The van der Waals surface area contributed by atoms with Crippen molar-refractivity contribution in [1.82, 2.24) is 4.98 Å². The number of ether oxygens (including phenoxy) is 2. The lowest BCUT2D eigenvalue weighted by Crippen LogP contribution is -2.31. The van der Waals surface area contributed by atoms with Crippen LogP contribution in [0.3, 0.4) is 0 Å². The van der Waals surface area contributed by atoms with Crippen molar-refractivity contribution in [3.05, 3.63) is 78.6 Å². The average molecular weight is 440 g/mol. The molecule has 0 atom stereocenters. The minimum atomic E-state index is -0.172. The summed E-state index contributed by atoms with van der Waals surface area (Å²) in [5, 5.41) is 0. The van der Waals surface area contributed by atoms with Crippen LogP contribution in [0.15, 0.2) is 73.1 Å². The van der Waals surface area contributed by atoms with E-state index >= 15 is 0 Å². The Morgan fingerprint density at radius 3 is 2.13 bits per heavy atom. The molecule has 1 heterocycles. The van der Waals surface area contributed by atoms with Gasteiger partial charge in [-0.2, -0.15) is 0 Å². The van der Waals surface area contributed by atoms with Crippen LogP contribution >= 0.6 is 11.6 Å². The van der Waals surface area contributed by atoms with E-state index in [0.29, 0.717) is 31.2 Å². The van der Waals surface area contributed by atoms with Crippen LogP contribution in [0.2, 0.25) is 0 Å². The monoisotopic (exact) mass is 439 g/mol. The largest absolute Gasteiger partial charge is 0.494 e. The van der Waals surface area contributed by atoms with Gasteiger partial charge in [-0.1, -0.05) is 0 Å². The molecule has 0 radical (unpaired) electrons. The Hall–Kier alpha value is -3.09.